The number of carbonyl (C=O) groups excluding carboxylic acids is 2. The van der Waals surface area contributed by atoms with Crippen LogP contribution in [0.15, 0.2) is 94.4 Å². The lowest BCUT2D eigenvalue weighted by molar-refractivity contribution is -0.118. The number of nitrogens with zero attached hydrogens (tertiary/aromatic N) is 2. The molecule has 2 N–H and O–H groups in total. The zero-order valence-corrected chi connectivity index (χ0v) is 26.7. The maximum atomic E-state index is 12.7. The Morgan fingerprint density at radius 1 is 0.891 bits per heavy atom. The molecule has 0 unspecified atom stereocenters. The molecule has 236 valence electrons. The van der Waals surface area contributed by atoms with E-state index in [1.807, 2.05) is 24.3 Å². The number of aryl methyl sites for hydroxylation is 2. The SMILES string of the molecule is COc1cc(Cl)cc(C=NNC(=O)c2ccc(COc3ccc(-n4c(C)ccc4C)cc3)o2)c1OCC(=O)Nc1ccc(Cl)cc1. The van der Waals surface area contributed by atoms with E-state index in [-0.39, 0.29) is 30.5 Å². The second-order valence-corrected chi connectivity index (χ2v) is 10.9. The summed E-state index contributed by atoms with van der Waals surface area (Å²) in [4.78, 5) is 25.2. The van der Waals surface area contributed by atoms with Crippen LogP contribution in [0.4, 0.5) is 5.69 Å². The van der Waals surface area contributed by atoms with Gasteiger partial charge in [-0.1, -0.05) is 23.2 Å². The van der Waals surface area contributed by atoms with Gasteiger partial charge in [-0.3, -0.25) is 9.59 Å². The standard InChI is InChI=1S/C34H30Cl2N4O6/c1-21-4-5-22(2)40(21)27-10-12-28(13-11-27)44-19-29-14-15-30(46-29)34(42)39-37-18-23-16-25(36)17-31(43-3)33(23)45-20-32(41)38-26-8-6-24(35)7-9-26/h4-18H,19-20H2,1-3H3,(H,38,41)(H,39,42). The number of rotatable bonds is 12. The van der Waals surface area contributed by atoms with E-state index in [0.717, 1.165) is 17.1 Å². The Morgan fingerprint density at radius 3 is 2.30 bits per heavy atom. The third kappa shape index (κ3) is 8.09. The minimum absolute atomic E-state index is 0.0451. The molecule has 46 heavy (non-hydrogen) atoms. The normalized spacial score (nSPS) is 11.0. The smallest absolute Gasteiger partial charge is 0.307 e. The summed E-state index contributed by atoms with van der Waals surface area (Å²) in [6.07, 6.45) is 1.33. The number of amides is 2. The topological polar surface area (TPSA) is 116 Å². The number of halogens is 2. The highest BCUT2D eigenvalue weighted by molar-refractivity contribution is 6.31. The number of benzene rings is 3. The highest BCUT2D eigenvalue weighted by Gasteiger charge is 2.15. The first-order chi connectivity index (χ1) is 22.2. The van der Waals surface area contributed by atoms with Gasteiger partial charge in [0, 0.05) is 44.4 Å². The first kappa shape index (κ1) is 32.2. The number of carbonyl (C=O) groups is 2. The number of hydrogen-bond donors (Lipinski definition) is 2. The van der Waals surface area contributed by atoms with E-state index in [4.69, 9.17) is 41.8 Å². The molecule has 0 saturated heterocycles. The maximum Gasteiger partial charge on any atom is 0.307 e. The van der Waals surface area contributed by atoms with Gasteiger partial charge in [-0.25, -0.2) is 5.43 Å². The fraction of sp³-hybridized carbons (Fsp3) is 0.147. The predicted octanol–water partition coefficient (Wildman–Crippen LogP) is 7.36. The number of nitrogens with one attached hydrogen (secondary N) is 2. The van der Waals surface area contributed by atoms with Crippen molar-refractivity contribution in [1.82, 2.24) is 9.99 Å². The van der Waals surface area contributed by atoms with Crippen molar-refractivity contribution < 1.29 is 28.2 Å². The Kier molecular flexibility index (Phi) is 10.3. The maximum absolute atomic E-state index is 12.7. The first-order valence-corrected chi connectivity index (χ1v) is 14.8. The van der Waals surface area contributed by atoms with Crippen LogP contribution in [0.1, 0.15) is 33.3 Å². The second kappa shape index (κ2) is 14.7. The lowest BCUT2D eigenvalue weighted by Crippen LogP contribution is -2.21. The van der Waals surface area contributed by atoms with E-state index in [0.29, 0.717) is 32.8 Å². The summed E-state index contributed by atoms with van der Waals surface area (Å²) >= 11 is 12.1. The largest absolute Gasteiger partial charge is 0.493 e. The summed E-state index contributed by atoms with van der Waals surface area (Å²) in [5.41, 5.74) is 6.67. The van der Waals surface area contributed by atoms with E-state index in [9.17, 15) is 9.59 Å². The number of furan rings is 1. The molecule has 0 spiro atoms. The second-order valence-electron chi connectivity index (χ2n) is 10.1. The van der Waals surface area contributed by atoms with Gasteiger partial charge in [0.25, 0.3) is 5.91 Å². The molecule has 2 heterocycles. The Morgan fingerprint density at radius 2 is 1.61 bits per heavy atom. The number of methoxy groups -OCH3 is 1. The average Bonchev–Trinajstić information content (AvgIpc) is 3.66. The van der Waals surface area contributed by atoms with Crippen LogP contribution in [0.5, 0.6) is 17.2 Å². The van der Waals surface area contributed by atoms with E-state index in [1.165, 1.54) is 25.5 Å². The molecule has 0 radical (unpaired) electrons. The van der Waals surface area contributed by atoms with Crippen LogP contribution >= 0.6 is 23.2 Å². The summed E-state index contributed by atoms with van der Waals surface area (Å²) in [7, 11) is 1.44. The summed E-state index contributed by atoms with van der Waals surface area (Å²) in [5.74, 6) is 0.664. The molecule has 2 amide bonds. The van der Waals surface area contributed by atoms with Crippen molar-refractivity contribution in [3.8, 4) is 22.9 Å². The molecule has 5 rings (SSSR count). The Labute approximate surface area is 275 Å². The minimum atomic E-state index is -0.580. The van der Waals surface area contributed by atoms with Crippen LogP contribution in [0, 0.1) is 13.8 Å². The average molecular weight is 662 g/mol. The van der Waals surface area contributed by atoms with Gasteiger partial charge in [-0.2, -0.15) is 5.10 Å². The molecule has 3 aromatic carbocycles. The van der Waals surface area contributed by atoms with Gasteiger partial charge in [0.2, 0.25) is 0 Å². The Balaban J connectivity index is 1.17. The van der Waals surface area contributed by atoms with E-state index >= 15 is 0 Å². The lowest BCUT2D eigenvalue weighted by atomic mass is 10.2. The van der Waals surface area contributed by atoms with Gasteiger partial charge in [-0.15, -0.1) is 0 Å². The summed E-state index contributed by atoms with van der Waals surface area (Å²) in [6.45, 7) is 3.91. The molecule has 0 aliphatic heterocycles. The number of aromatic nitrogens is 1. The molecule has 0 fully saturated rings. The minimum Gasteiger partial charge on any atom is -0.493 e. The van der Waals surface area contributed by atoms with E-state index < -0.39 is 11.8 Å². The van der Waals surface area contributed by atoms with Crippen LogP contribution in [-0.4, -0.2) is 36.3 Å². The Hall–Kier alpha value is -5.19. The molecule has 0 aliphatic rings. The van der Waals surface area contributed by atoms with E-state index in [1.54, 1.807) is 36.4 Å². The van der Waals surface area contributed by atoms with Crippen LogP contribution in [-0.2, 0) is 11.4 Å². The van der Waals surface area contributed by atoms with Crippen LogP contribution < -0.4 is 25.0 Å². The summed E-state index contributed by atoms with van der Waals surface area (Å²) < 4.78 is 24.8. The van der Waals surface area contributed by atoms with Crippen molar-refractivity contribution in [2.75, 3.05) is 19.0 Å². The molecule has 10 nitrogen and oxygen atoms in total. The van der Waals surface area contributed by atoms with Crippen molar-refractivity contribution in [3.05, 3.63) is 123 Å². The molecule has 0 bridgehead atoms. The van der Waals surface area contributed by atoms with Crippen molar-refractivity contribution in [3.63, 3.8) is 0 Å². The molecule has 12 heteroatoms. The van der Waals surface area contributed by atoms with Crippen LogP contribution in [0.3, 0.4) is 0 Å². The molecule has 5 aromatic rings. The summed E-state index contributed by atoms with van der Waals surface area (Å²) in [5, 5.41) is 7.62. The zero-order valence-electron chi connectivity index (χ0n) is 25.2. The van der Waals surface area contributed by atoms with Gasteiger partial charge in [0.1, 0.15) is 18.1 Å². The number of anilines is 1. The van der Waals surface area contributed by atoms with Gasteiger partial charge >= 0.3 is 5.91 Å². The quantitative estimate of drug-likeness (QED) is 0.107. The van der Waals surface area contributed by atoms with Crippen LogP contribution in [0.2, 0.25) is 10.0 Å². The van der Waals surface area contributed by atoms with Crippen molar-refractivity contribution >= 4 is 46.9 Å². The molecular weight excluding hydrogens is 631 g/mol. The molecular formula is C34H30Cl2N4O6. The number of ether oxygens (including phenoxy) is 3. The molecule has 0 atom stereocenters. The van der Waals surface area contributed by atoms with Crippen molar-refractivity contribution in [1.29, 1.82) is 0 Å². The van der Waals surface area contributed by atoms with Gasteiger partial charge in [0.15, 0.2) is 23.9 Å². The fourth-order valence-corrected chi connectivity index (χ4v) is 4.92. The third-order valence-electron chi connectivity index (χ3n) is 6.75. The predicted molar refractivity (Wildman–Crippen MR) is 177 cm³/mol. The van der Waals surface area contributed by atoms with Crippen molar-refractivity contribution in [2.24, 2.45) is 5.10 Å². The third-order valence-corrected chi connectivity index (χ3v) is 7.22. The molecule has 0 aliphatic carbocycles. The summed E-state index contributed by atoms with van der Waals surface area (Å²) in [6, 6.07) is 24.8. The highest BCUT2D eigenvalue weighted by atomic mass is 35.5. The fourth-order valence-electron chi connectivity index (χ4n) is 4.57. The molecule has 0 saturated carbocycles. The van der Waals surface area contributed by atoms with Crippen LogP contribution in [0.25, 0.3) is 5.69 Å². The van der Waals surface area contributed by atoms with Gasteiger partial charge in [0.05, 0.1) is 13.3 Å². The van der Waals surface area contributed by atoms with Gasteiger partial charge < -0.3 is 28.5 Å². The first-order valence-electron chi connectivity index (χ1n) is 14.1. The highest BCUT2D eigenvalue weighted by Crippen LogP contribution is 2.34. The lowest BCUT2D eigenvalue weighted by Gasteiger charge is -2.14. The van der Waals surface area contributed by atoms with E-state index in [2.05, 4.69) is 46.4 Å². The Bertz CT molecular complexity index is 1840. The zero-order chi connectivity index (χ0) is 32.6. The van der Waals surface area contributed by atoms with Crippen molar-refractivity contribution in [2.45, 2.75) is 20.5 Å². The monoisotopic (exact) mass is 660 g/mol. The number of hydrogen-bond acceptors (Lipinski definition) is 7. The van der Waals surface area contributed by atoms with Gasteiger partial charge in [-0.05, 0) is 92.7 Å². The number of hydrazone groups is 1. The molecule has 2 aromatic heterocycles.